The maximum Gasteiger partial charge on any atom is 0.137 e. The lowest BCUT2D eigenvalue weighted by Gasteiger charge is -2.07. The van der Waals surface area contributed by atoms with Crippen LogP contribution in [0.25, 0.3) is 0 Å². The summed E-state index contributed by atoms with van der Waals surface area (Å²) in [5.74, 6) is 1.37. The first-order chi connectivity index (χ1) is 8.79. The van der Waals surface area contributed by atoms with Gasteiger partial charge in [-0.1, -0.05) is 13.0 Å². The average molecular weight is 243 g/mol. The molecule has 2 N–H and O–H groups in total. The predicted octanol–water partition coefficient (Wildman–Crippen LogP) is 2.44. The fraction of sp³-hybridized carbons (Fsp3) is 0.286. The predicted molar refractivity (Wildman–Crippen MR) is 71.5 cm³/mol. The molecule has 4 nitrogen and oxygen atoms in total. The zero-order chi connectivity index (χ0) is 12.8. The minimum atomic E-state index is 0.567. The zero-order valence-electron chi connectivity index (χ0n) is 10.5. The second kappa shape index (κ2) is 6.00. The van der Waals surface area contributed by atoms with Crippen molar-refractivity contribution in [1.82, 2.24) is 9.97 Å². The van der Waals surface area contributed by atoms with Crippen molar-refractivity contribution in [3.05, 3.63) is 47.9 Å². The number of hydrogen-bond donors (Lipinski definition) is 1. The summed E-state index contributed by atoms with van der Waals surface area (Å²) in [7, 11) is 0. The number of nitrogens with zero attached hydrogens (tertiary/aromatic N) is 2. The molecule has 0 aliphatic rings. The van der Waals surface area contributed by atoms with Gasteiger partial charge in [0.05, 0.1) is 12.8 Å². The van der Waals surface area contributed by atoms with Gasteiger partial charge in [0, 0.05) is 18.8 Å². The van der Waals surface area contributed by atoms with Crippen molar-refractivity contribution < 1.29 is 4.74 Å². The van der Waals surface area contributed by atoms with Crippen molar-refractivity contribution in [1.29, 1.82) is 0 Å². The van der Waals surface area contributed by atoms with Crippen LogP contribution >= 0.6 is 0 Å². The van der Waals surface area contributed by atoms with Crippen LogP contribution in [0.1, 0.15) is 24.5 Å². The van der Waals surface area contributed by atoms with E-state index in [1.54, 1.807) is 12.4 Å². The maximum absolute atomic E-state index is 5.82. The molecule has 0 saturated carbocycles. The van der Waals surface area contributed by atoms with Gasteiger partial charge in [0.25, 0.3) is 0 Å². The van der Waals surface area contributed by atoms with Crippen molar-refractivity contribution in [3.8, 4) is 5.75 Å². The molecular weight excluding hydrogens is 226 g/mol. The molecule has 2 aromatic rings. The number of hydrogen-bond acceptors (Lipinski definition) is 4. The highest BCUT2D eigenvalue weighted by Gasteiger charge is 2.03. The molecule has 18 heavy (non-hydrogen) atoms. The van der Waals surface area contributed by atoms with E-state index in [0.717, 1.165) is 29.7 Å². The van der Waals surface area contributed by atoms with Crippen LogP contribution in [0, 0.1) is 0 Å². The van der Waals surface area contributed by atoms with Gasteiger partial charge in [-0.3, -0.25) is 4.98 Å². The molecule has 0 amide bonds. The minimum Gasteiger partial charge on any atom is -0.492 e. The topological polar surface area (TPSA) is 61.0 Å². The number of ether oxygens (including phenoxy) is 1. The molecule has 0 aromatic carbocycles. The number of aromatic nitrogens is 2. The normalized spacial score (nSPS) is 10.3. The van der Waals surface area contributed by atoms with E-state index >= 15 is 0 Å². The quantitative estimate of drug-likeness (QED) is 0.876. The molecule has 0 unspecified atom stereocenters. The smallest absolute Gasteiger partial charge is 0.137 e. The van der Waals surface area contributed by atoms with Gasteiger partial charge in [-0.15, -0.1) is 0 Å². The molecule has 4 heteroatoms. The molecule has 2 heterocycles. The zero-order valence-corrected chi connectivity index (χ0v) is 10.5. The van der Waals surface area contributed by atoms with E-state index in [1.807, 2.05) is 24.4 Å². The molecule has 0 radical (unpaired) electrons. The summed E-state index contributed by atoms with van der Waals surface area (Å²) in [6.45, 7) is 2.79. The van der Waals surface area contributed by atoms with Crippen molar-refractivity contribution >= 4 is 5.82 Å². The molecule has 2 rings (SSSR count). The van der Waals surface area contributed by atoms with E-state index in [4.69, 9.17) is 10.5 Å². The van der Waals surface area contributed by atoms with Crippen molar-refractivity contribution in [2.24, 2.45) is 0 Å². The Morgan fingerprint density at radius 3 is 3.00 bits per heavy atom. The lowest BCUT2D eigenvalue weighted by molar-refractivity contribution is 0.316. The fourth-order valence-electron chi connectivity index (χ4n) is 1.68. The third-order valence-corrected chi connectivity index (χ3v) is 2.56. The molecule has 94 valence electrons. The Morgan fingerprint density at radius 1 is 1.33 bits per heavy atom. The SMILES string of the molecule is CCCOc1cncc(Cc2cccnc2N)c1. The number of pyridine rings is 2. The van der Waals surface area contributed by atoms with Crippen LogP contribution in [0.2, 0.25) is 0 Å². The Labute approximate surface area is 107 Å². The summed E-state index contributed by atoms with van der Waals surface area (Å²) in [5, 5.41) is 0. The van der Waals surface area contributed by atoms with Crippen molar-refractivity contribution in [2.45, 2.75) is 19.8 Å². The van der Waals surface area contributed by atoms with Gasteiger partial charge in [-0.25, -0.2) is 4.98 Å². The van der Waals surface area contributed by atoms with Crippen LogP contribution in [0.3, 0.4) is 0 Å². The Morgan fingerprint density at radius 2 is 2.22 bits per heavy atom. The van der Waals surface area contributed by atoms with Gasteiger partial charge in [0.2, 0.25) is 0 Å². The Hall–Kier alpha value is -2.10. The third kappa shape index (κ3) is 3.20. The maximum atomic E-state index is 5.82. The molecular formula is C14H17N3O. The van der Waals surface area contributed by atoms with Gasteiger partial charge in [0.1, 0.15) is 11.6 Å². The molecule has 0 atom stereocenters. The highest BCUT2D eigenvalue weighted by molar-refractivity contribution is 5.42. The summed E-state index contributed by atoms with van der Waals surface area (Å²) in [4.78, 5) is 8.25. The summed E-state index contributed by atoms with van der Waals surface area (Å²) in [6, 6.07) is 5.85. The number of nitrogens with two attached hydrogens (primary N) is 1. The van der Waals surface area contributed by atoms with Crippen molar-refractivity contribution in [2.75, 3.05) is 12.3 Å². The molecule has 0 aliphatic heterocycles. The van der Waals surface area contributed by atoms with E-state index in [1.165, 1.54) is 0 Å². The number of anilines is 1. The second-order valence-electron chi connectivity index (χ2n) is 4.10. The monoisotopic (exact) mass is 243 g/mol. The van der Waals surface area contributed by atoms with Crippen LogP contribution in [0.5, 0.6) is 5.75 Å². The largest absolute Gasteiger partial charge is 0.492 e. The molecule has 2 aromatic heterocycles. The standard InChI is InChI=1S/C14H17N3O/c1-2-6-18-13-8-11(9-16-10-13)7-12-4-3-5-17-14(12)15/h3-5,8-10H,2,6-7H2,1H3,(H2,15,17). The average Bonchev–Trinajstić information content (AvgIpc) is 2.40. The van der Waals surface area contributed by atoms with Gasteiger partial charge in [-0.2, -0.15) is 0 Å². The van der Waals surface area contributed by atoms with Crippen LogP contribution < -0.4 is 10.5 Å². The van der Waals surface area contributed by atoms with Crippen molar-refractivity contribution in [3.63, 3.8) is 0 Å². The summed E-state index contributed by atoms with van der Waals surface area (Å²) in [6.07, 6.45) is 6.95. The van der Waals surface area contributed by atoms with Crippen LogP contribution in [-0.4, -0.2) is 16.6 Å². The molecule has 0 bridgehead atoms. The molecule has 0 saturated heterocycles. The van der Waals surface area contributed by atoms with E-state index in [0.29, 0.717) is 12.4 Å². The number of rotatable bonds is 5. The van der Waals surface area contributed by atoms with Crippen LogP contribution in [-0.2, 0) is 6.42 Å². The fourth-order valence-corrected chi connectivity index (χ4v) is 1.68. The van der Waals surface area contributed by atoms with Gasteiger partial charge >= 0.3 is 0 Å². The minimum absolute atomic E-state index is 0.567. The Kier molecular flexibility index (Phi) is 4.12. The molecule has 0 spiro atoms. The van der Waals surface area contributed by atoms with E-state index < -0.39 is 0 Å². The first kappa shape index (κ1) is 12.4. The number of nitrogen functional groups attached to an aromatic ring is 1. The van der Waals surface area contributed by atoms with E-state index in [2.05, 4.69) is 16.9 Å². The Balaban J connectivity index is 2.12. The molecule has 0 fully saturated rings. The lowest BCUT2D eigenvalue weighted by Crippen LogP contribution is -2.00. The Bertz CT molecular complexity index is 514. The highest BCUT2D eigenvalue weighted by atomic mass is 16.5. The van der Waals surface area contributed by atoms with Gasteiger partial charge < -0.3 is 10.5 Å². The first-order valence-electron chi connectivity index (χ1n) is 6.05. The van der Waals surface area contributed by atoms with Gasteiger partial charge in [-0.05, 0) is 29.7 Å². The first-order valence-corrected chi connectivity index (χ1v) is 6.05. The third-order valence-electron chi connectivity index (χ3n) is 2.56. The summed E-state index contributed by atoms with van der Waals surface area (Å²) >= 11 is 0. The lowest BCUT2D eigenvalue weighted by atomic mass is 10.1. The van der Waals surface area contributed by atoms with Crippen LogP contribution in [0.4, 0.5) is 5.82 Å². The van der Waals surface area contributed by atoms with Gasteiger partial charge in [0.15, 0.2) is 0 Å². The highest BCUT2D eigenvalue weighted by Crippen LogP contribution is 2.17. The second-order valence-corrected chi connectivity index (χ2v) is 4.10. The summed E-state index contributed by atoms with van der Waals surface area (Å²) < 4.78 is 5.55. The summed E-state index contributed by atoms with van der Waals surface area (Å²) in [5.41, 5.74) is 7.90. The van der Waals surface area contributed by atoms with E-state index in [9.17, 15) is 0 Å². The van der Waals surface area contributed by atoms with E-state index in [-0.39, 0.29) is 0 Å². The van der Waals surface area contributed by atoms with Crippen LogP contribution in [0.15, 0.2) is 36.8 Å². The molecule has 0 aliphatic carbocycles.